The number of benzene rings is 1. The average Bonchev–Trinajstić information content (AvgIpc) is 2.25. The Hall–Kier alpha value is -1.06. The molecule has 0 fully saturated rings. The molecule has 1 rings (SSSR count). The molecule has 94 valence electrons. The van der Waals surface area contributed by atoms with E-state index >= 15 is 0 Å². The van der Waals surface area contributed by atoms with E-state index in [1.54, 1.807) is 0 Å². The van der Waals surface area contributed by atoms with E-state index in [-0.39, 0.29) is 18.0 Å². The fraction of sp³-hybridized carbons (Fsp3) is 0.462. The molecule has 0 unspecified atom stereocenters. The summed E-state index contributed by atoms with van der Waals surface area (Å²) < 4.78 is 0. The van der Waals surface area contributed by atoms with E-state index < -0.39 is 0 Å². The van der Waals surface area contributed by atoms with Crippen molar-refractivity contribution in [2.24, 2.45) is 0 Å². The largest absolute Gasteiger partial charge is 0.353 e. The summed E-state index contributed by atoms with van der Waals surface area (Å²) in [5.74, 6) is 0.00822. The fourth-order valence-electron chi connectivity index (χ4n) is 1.51. The molecule has 0 spiro atoms. The van der Waals surface area contributed by atoms with Crippen molar-refractivity contribution in [2.75, 3.05) is 6.54 Å². The van der Waals surface area contributed by atoms with Gasteiger partial charge in [-0.25, -0.2) is 0 Å². The number of nitrogens with one attached hydrogen (secondary N) is 2. The maximum Gasteiger partial charge on any atom is 0.234 e. The van der Waals surface area contributed by atoms with Crippen molar-refractivity contribution in [3.8, 4) is 0 Å². The van der Waals surface area contributed by atoms with Gasteiger partial charge in [-0.3, -0.25) is 4.79 Å². The predicted octanol–water partition coefficient (Wildman–Crippen LogP) is 2.52. The highest BCUT2D eigenvalue weighted by atomic mass is 35.5. The molecule has 0 saturated heterocycles. The molecule has 0 aliphatic heterocycles. The first-order valence-electron chi connectivity index (χ1n) is 5.77. The second kappa shape index (κ2) is 6.62. The molecule has 1 aromatic rings. The highest BCUT2D eigenvalue weighted by molar-refractivity contribution is 6.30. The number of hydrogen-bond acceptors (Lipinski definition) is 2. The molecular weight excluding hydrogens is 236 g/mol. The lowest BCUT2D eigenvalue weighted by atomic mass is 10.1. The minimum atomic E-state index is 0.00822. The smallest absolute Gasteiger partial charge is 0.234 e. The summed E-state index contributed by atoms with van der Waals surface area (Å²) in [5.41, 5.74) is 1.08. The van der Waals surface area contributed by atoms with Gasteiger partial charge in [0.2, 0.25) is 5.91 Å². The van der Waals surface area contributed by atoms with E-state index in [4.69, 9.17) is 11.6 Å². The molecule has 0 heterocycles. The summed E-state index contributed by atoms with van der Waals surface area (Å²) in [4.78, 5) is 11.5. The fourth-order valence-corrected chi connectivity index (χ4v) is 1.71. The Kier molecular flexibility index (Phi) is 5.45. The minimum Gasteiger partial charge on any atom is -0.353 e. The Bertz CT molecular complexity index is 379. The van der Waals surface area contributed by atoms with Crippen LogP contribution in [0.5, 0.6) is 0 Å². The zero-order valence-corrected chi connectivity index (χ0v) is 11.2. The molecule has 0 aromatic heterocycles. The molecular formula is C13H19ClN2O. The lowest BCUT2D eigenvalue weighted by molar-refractivity contribution is -0.120. The Morgan fingerprint density at radius 1 is 1.35 bits per heavy atom. The van der Waals surface area contributed by atoms with Crippen molar-refractivity contribution in [1.29, 1.82) is 0 Å². The predicted molar refractivity (Wildman–Crippen MR) is 71.1 cm³/mol. The average molecular weight is 255 g/mol. The molecule has 4 heteroatoms. The summed E-state index contributed by atoms with van der Waals surface area (Å²) in [7, 11) is 0. The standard InChI is InChI=1S/C13H19ClN2O/c1-9(2)16-13(17)8-15-10(3)11-5-4-6-12(14)7-11/h4-7,9-10,15H,8H2,1-3H3,(H,16,17)/t10-/m0/s1. The van der Waals surface area contributed by atoms with Crippen LogP contribution in [-0.4, -0.2) is 18.5 Å². The molecule has 17 heavy (non-hydrogen) atoms. The van der Waals surface area contributed by atoms with Gasteiger partial charge in [-0.15, -0.1) is 0 Å². The van der Waals surface area contributed by atoms with Gasteiger partial charge in [-0.05, 0) is 38.5 Å². The van der Waals surface area contributed by atoms with Gasteiger partial charge in [0.05, 0.1) is 6.54 Å². The van der Waals surface area contributed by atoms with Crippen LogP contribution in [0, 0.1) is 0 Å². The molecule has 2 N–H and O–H groups in total. The Labute approximate surface area is 108 Å². The van der Waals surface area contributed by atoms with Gasteiger partial charge in [0.15, 0.2) is 0 Å². The highest BCUT2D eigenvalue weighted by Gasteiger charge is 2.08. The third-order valence-electron chi connectivity index (χ3n) is 2.37. The Morgan fingerprint density at radius 2 is 2.06 bits per heavy atom. The zero-order chi connectivity index (χ0) is 12.8. The quantitative estimate of drug-likeness (QED) is 0.848. The van der Waals surface area contributed by atoms with Crippen LogP contribution in [0.2, 0.25) is 5.02 Å². The van der Waals surface area contributed by atoms with E-state index in [1.807, 2.05) is 45.0 Å². The number of hydrogen-bond donors (Lipinski definition) is 2. The number of carbonyl (C=O) groups excluding carboxylic acids is 1. The van der Waals surface area contributed by atoms with Gasteiger partial charge in [0, 0.05) is 17.1 Å². The van der Waals surface area contributed by atoms with Crippen LogP contribution >= 0.6 is 11.6 Å². The molecule has 0 saturated carbocycles. The Balaban J connectivity index is 2.44. The SMILES string of the molecule is CC(C)NC(=O)CN[C@@H](C)c1cccc(Cl)c1. The summed E-state index contributed by atoms with van der Waals surface area (Å²) in [6.45, 7) is 6.21. The van der Waals surface area contributed by atoms with Crippen molar-refractivity contribution in [3.05, 3.63) is 34.9 Å². The number of halogens is 1. The zero-order valence-electron chi connectivity index (χ0n) is 10.5. The van der Waals surface area contributed by atoms with Crippen LogP contribution in [0.1, 0.15) is 32.4 Å². The van der Waals surface area contributed by atoms with Gasteiger partial charge in [0.25, 0.3) is 0 Å². The van der Waals surface area contributed by atoms with Gasteiger partial charge in [0.1, 0.15) is 0 Å². The van der Waals surface area contributed by atoms with Crippen molar-refractivity contribution in [3.63, 3.8) is 0 Å². The summed E-state index contributed by atoms with van der Waals surface area (Å²) in [5, 5.41) is 6.70. The van der Waals surface area contributed by atoms with Crippen LogP contribution in [0.4, 0.5) is 0 Å². The Morgan fingerprint density at radius 3 is 2.65 bits per heavy atom. The van der Waals surface area contributed by atoms with Crippen molar-refractivity contribution in [2.45, 2.75) is 32.9 Å². The molecule has 1 aromatic carbocycles. The molecule has 0 bridgehead atoms. The van der Waals surface area contributed by atoms with E-state index in [9.17, 15) is 4.79 Å². The van der Waals surface area contributed by atoms with Crippen LogP contribution < -0.4 is 10.6 Å². The monoisotopic (exact) mass is 254 g/mol. The number of amides is 1. The molecule has 1 amide bonds. The molecule has 0 aliphatic carbocycles. The van der Waals surface area contributed by atoms with Gasteiger partial charge in [-0.2, -0.15) is 0 Å². The molecule has 0 aliphatic rings. The van der Waals surface area contributed by atoms with Crippen LogP contribution in [0.15, 0.2) is 24.3 Å². The number of rotatable bonds is 5. The van der Waals surface area contributed by atoms with E-state index in [2.05, 4.69) is 10.6 Å². The normalized spacial score (nSPS) is 12.5. The first kappa shape index (κ1) is 14.0. The van der Waals surface area contributed by atoms with Gasteiger partial charge in [-0.1, -0.05) is 23.7 Å². The summed E-state index contributed by atoms with van der Waals surface area (Å²) in [6.07, 6.45) is 0. The van der Waals surface area contributed by atoms with Gasteiger partial charge >= 0.3 is 0 Å². The van der Waals surface area contributed by atoms with E-state index in [0.717, 1.165) is 5.56 Å². The van der Waals surface area contributed by atoms with E-state index in [1.165, 1.54) is 0 Å². The minimum absolute atomic E-state index is 0.00822. The van der Waals surface area contributed by atoms with Gasteiger partial charge < -0.3 is 10.6 Å². The summed E-state index contributed by atoms with van der Waals surface area (Å²) in [6, 6.07) is 7.91. The summed E-state index contributed by atoms with van der Waals surface area (Å²) >= 11 is 5.91. The maximum atomic E-state index is 11.5. The van der Waals surface area contributed by atoms with Crippen molar-refractivity contribution >= 4 is 17.5 Å². The lowest BCUT2D eigenvalue weighted by Gasteiger charge is -2.15. The topological polar surface area (TPSA) is 41.1 Å². The molecule has 0 radical (unpaired) electrons. The lowest BCUT2D eigenvalue weighted by Crippen LogP contribution is -2.38. The first-order chi connectivity index (χ1) is 7.99. The van der Waals surface area contributed by atoms with Crippen molar-refractivity contribution < 1.29 is 4.79 Å². The van der Waals surface area contributed by atoms with E-state index in [0.29, 0.717) is 11.6 Å². The van der Waals surface area contributed by atoms with Crippen LogP contribution in [0.25, 0.3) is 0 Å². The maximum absolute atomic E-state index is 11.5. The first-order valence-corrected chi connectivity index (χ1v) is 6.15. The second-order valence-electron chi connectivity index (χ2n) is 4.38. The third kappa shape index (κ3) is 5.20. The van der Waals surface area contributed by atoms with Crippen LogP contribution in [-0.2, 0) is 4.79 Å². The molecule has 3 nitrogen and oxygen atoms in total. The highest BCUT2D eigenvalue weighted by Crippen LogP contribution is 2.16. The third-order valence-corrected chi connectivity index (χ3v) is 2.60. The molecule has 1 atom stereocenters. The number of carbonyl (C=O) groups is 1. The second-order valence-corrected chi connectivity index (χ2v) is 4.82. The van der Waals surface area contributed by atoms with Crippen LogP contribution in [0.3, 0.4) is 0 Å². The van der Waals surface area contributed by atoms with Crippen molar-refractivity contribution in [1.82, 2.24) is 10.6 Å².